The first-order valence-electron chi connectivity index (χ1n) is 8.96. The highest BCUT2D eigenvalue weighted by molar-refractivity contribution is 6.99. The third kappa shape index (κ3) is 7.65. The molecular formula is C17H29N3O5S. The van der Waals surface area contributed by atoms with Gasteiger partial charge < -0.3 is 19.8 Å². The molecule has 2 unspecified atom stereocenters. The van der Waals surface area contributed by atoms with Crippen molar-refractivity contribution in [3.63, 3.8) is 0 Å². The number of unbranched alkanes of at least 4 members (excludes halogenated alkanes) is 3. The van der Waals surface area contributed by atoms with Crippen molar-refractivity contribution in [3.8, 4) is 5.88 Å². The van der Waals surface area contributed by atoms with E-state index in [4.69, 9.17) is 24.5 Å². The van der Waals surface area contributed by atoms with Crippen LogP contribution in [0.4, 0.5) is 0 Å². The van der Waals surface area contributed by atoms with Gasteiger partial charge in [0.2, 0.25) is 5.88 Å². The highest BCUT2D eigenvalue weighted by atomic mass is 32.1. The van der Waals surface area contributed by atoms with Gasteiger partial charge in [-0.1, -0.05) is 33.1 Å². The molecule has 8 nitrogen and oxygen atoms in total. The zero-order chi connectivity index (χ0) is 19.5. The van der Waals surface area contributed by atoms with E-state index in [0.29, 0.717) is 11.8 Å². The zero-order valence-electron chi connectivity index (χ0n) is 15.7. The molecule has 1 saturated heterocycles. The van der Waals surface area contributed by atoms with Crippen molar-refractivity contribution in [3.05, 3.63) is 5.69 Å². The van der Waals surface area contributed by atoms with Gasteiger partial charge in [-0.25, -0.2) is 9.59 Å². The zero-order valence-corrected chi connectivity index (χ0v) is 16.5. The van der Waals surface area contributed by atoms with Crippen LogP contribution >= 0.6 is 11.7 Å². The second-order valence-electron chi connectivity index (χ2n) is 6.61. The van der Waals surface area contributed by atoms with Crippen LogP contribution in [0.1, 0.15) is 57.6 Å². The highest BCUT2D eigenvalue weighted by Gasteiger charge is 2.30. The van der Waals surface area contributed by atoms with E-state index < -0.39 is 11.9 Å². The molecule has 9 heteroatoms. The van der Waals surface area contributed by atoms with Crippen LogP contribution < -0.4 is 4.74 Å². The summed E-state index contributed by atoms with van der Waals surface area (Å²) in [5, 5.41) is 14.8. The normalized spacial score (nSPS) is 20.1. The van der Waals surface area contributed by atoms with E-state index in [0.717, 1.165) is 31.1 Å². The molecule has 0 aromatic carbocycles. The van der Waals surface area contributed by atoms with Crippen molar-refractivity contribution in [2.24, 2.45) is 5.92 Å². The number of likely N-dealkylation sites (N-methyl/N-ethyl adjacent to an activating group) is 1. The molecule has 2 heterocycles. The van der Waals surface area contributed by atoms with Crippen LogP contribution in [0, 0.1) is 5.92 Å². The molecule has 1 aliphatic heterocycles. The molecule has 1 aliphatic rings. The molecule has 1 aromatic heterocycles. The maximum Gasteiger partial charge on any atom is 0.414 e. The van der Waals surface area contributed by atoms with Crippen molar-refractivity contribution in [1.82, 2.24) is 13.6 Å². The molecule has 1 aromatic rings. The standard InChI is InChI=1S/C15H27N3OS.C2H2O4/c1-4-5-6-7-10-19-15-14(16-20-17-15)13-11-18(3)9-8-12(13)2;3-1(4)2(5)6/h12-13H,4-11H2,1-3H3;(H,3,4)(H,5,6). The van der Waals surface area contributed by atoms with Crippen LogP contribution in [0.2, 0.25) is 0 Å². The predicted molar refractivity (Wildman–Crippen MR) is 98.8 cm³/mol. The lowest BCUT2D eigenvalue weighted by atomic mass is 9.85. The Labute approximate surface area is 158 Å². The Morgan fingerprint density at radius 2 is 1.92 bits per heavy atom. The van der Waals surface area contributed by atoms with Gasteiger partial charge in [0.25, 0.3) is 0 Å². The summed E-state index contributed by atoms with van der Waals surface area (Å²) < 4.78 is 14.8. The molecule has 1 fully saturated rings. The van der Waals surface area contributed by atoms with Crippen LogP contribution in [-0.4, -0.2) is 62.5 Å². The SMILES string of the molecule is CCCCCCOc1nsnc1C1CN(C)CCC1C.O=C(O)C(=O)O. The number of ether oxygens (including phenoxy) is 1. The number of aromatic nitrogens is 2. The van der Waals surface area contributed by atoms with Gasteiger partial charge >= 0.3 is 11.9 Å². The number of carboxylic acid groups (broad SMARTS) is 2. The Balaban J connectivity index is 0.000000487. The molecule has 0 aliphatic carbocycles. The average Bonchev–Trinajstić information content (AvgIpc) is 3.05. The van der Waals surface area contributed by atoms with Crippen LogP contribution in [0.3, 0.4) is 0 Å². The summed E-state index contributed by atoms with van der Waals surface area (Å²) in [6.45, 7) is 7.57. The Hall–Kier alpha value is -1.74. The van der Waals surface area contributed by atoms with Gasteiger partial charge in [0.05, 0.1) is 18.3 Å². The number of carboxylic acids is 2. The van der Waals surface area contributed by atoms with Crippen molar-refractivity contribution in [2.45, 2.75) is 51.9 Å². The van der Waals surface area contributed by atoms with E-state index in [1.807, 2.05) is 0 Å². The number of hydrogen-bond acceptors (Lipinski definition) is 7. The van der Waals surface area contributed by atoms with E-state index >= 15 is 0 Å². The number of nitrogens with zero attached hydrogens (tertiary/aromatic N) is 3. The summed E-state index contributed by atoms with van der Waals surface area (Å²) in [4.78, 5) is 20.6. The first kappa shape index (κ1) is 22.3. The molecule has 26 heavy (non-hydrogen) atoms. The second-order valence-corrected chi connectivity index (χ2v) is 7.14. The summed E-state index contributed by atoms with van der Waals surface area (Å²) in [7, 11) is 2.18. The Bertz CT molecular complexity index is 554. The van der Waals surface area contributed by atoms with Gasteiger partial charge in [-0.05, 0) is 32.4 Å². The third-order valence-electron chi connectivity index (χ3n) is 4.41. The van der Waals surface area contributed by atoms with Crippen LogP contribution in [0.5, 0.6) is 5.88 Å². The number of hydrogen-bond donors (Lipinski definition) is 2. The number of piperidine rings is 1. The van der Waals surface area contributed by atoms with Gasteiger partial charge in [0.1, 0.15) is 5.69 Å². The first-order valence-corrected chi connectivity index (χ1v) is 9.69. The lowest BCUT2D eigenvalue weighted by molar-refractivity contribution is -0.159. The highest BCUT2D eigenvalue weighted by Crippen LogP contribution is 2.35. The number of rotatable bonds is 7. The maximum atomic E-state index is 9.10. The molecule has 2 atom stereocenters. The van der Waals surface area contributed by atoms with Gasteiger partial charge in [-0.15, -0.1) is 4.37 Å². The molecule has 148 valence electrons. The van der Waals surface area contributed by atoms with Gasteiger partial charge in [-0.3, -0.25) is 0 Å². The fourth-order valence-electron chi connectivity index (χ4n) is 2.80. The smallest absolute Gasteiger partial charge is 0.414 e. The second kappa shape index (κ2) is 11.8. The molecule has 2 N–H and O–H groups in total. The Morgan fingerprint density at radius 3 is 2.54 bits per heavy atom. The van der Waals surface area contributed by atoms with E-state index in [1.165, 1.54) is 44.0 Å². The van der Waals surface area contributed by atoms with Crippen molar-refractivity contribution in [1.29, 1.82) is 0 Å². The maximum absolute atomic E-state index is 9.10. The summed E-state index contributed by atoms with van der Waals surface area (Å²) >= 11 is 1.29. The van der Waals surface area contributed by atoms with E-state index in [9.17, 15) is 0 Å². The Morgan fingerprint density at radius 1 is 1.23 bits per heavy atom. The fourth-order valence-corrected chi connectivity index (χ4v) is 3.36. The largest absolute Gasteiger partial charge is 0.476 e. The van der Waals surface area contributed by atoms with Gasteiger partial charge in [0.15, 0.2) is 0 Å². The first-order chi connectivity index (χ1) is 12.4. The van der Waals surface area contributed by atoms with Crippen molar-refractivity contribution < 1.29 is 24.5 Å². The number of aliphatic carboxylic acids is 2. The molecular weight excluding hydrogens is 358 g/mol. The lowest BCUT2D eigenvalue weighted by Gasteiger charge is -2.33. The minimum atomic E-state index is -1.82. The molecule has 0 spiro atoms. The van der Waals surface area contributed by atoms with E-state index in [-0.39, 0.29) is 0 Å². The van der Waals surface area contributed by atoms with Crippen LogP contribution in [0.25, 0.3) is 0 Å². The molecule has 0 saturated carbocycles. The quantitative estimate of drug-likeness (QED) is 0.542. The predicted octanol–water partition coefficient (Wildman–Crippen LogP) is 2.71. The van der Waals surface area contributed by atoms with Crippen LogP contribution in [-0.2, 0) is 9.59 Å². The van der Waals surface area contributed by atoms with Crippen LogP contribution in [0.15, 0.2) is 0 Å². The Kier molecular flexibility index (Phi) is 10.1. The minimum absolute atomic E-state index is 0.471. The van der Waals surface area contributed by atoms with Gasteiger partial charge in [-0.2, -0.15) is 4.37 Å². The van der Waals surface area contributed by atoms with E-state index in [1.54, 1.807) is 0 Å². The number of likely N-dealkylation sites (tertiary alicyclic amines) is 1. The molecule has 2 rings (SSSR count). The fraction of sp³-hybridized carbons (Fsp3) is 0.765. The molecule has 0 bridgehead atoms. The summed E-state index contributed by atoms with van der Waals surface area (Å²) in [6.07, 6.45) is 6.14. The average molecular weight is 388 g/mol. The minimum Gasteiger partial charge on any atom is -0.476 e. The summed E-state index contributed by atoms with van der Waals surface area (Å²) in [6, 6.07) is 0. The monoisotopic (exact) mass is 387 g/mol. The van der Waals surface area contributed by atoms with Crippen molar-refractivity contribution in [2.75, 3.05) is 26.7 Å². The summed E-state index contributed by atoms with van der Waals surface area (Å²) in [5.74, 6) is -1.72. The molecule has 0 radical (unpaired) electrons. The van der Waals surface area contributed by atoms with Crippen molar-refractivity contribution >= 4 is 23.7 Å². The number of carbonyl (C=O) groups is 2. The summed E-state index contributed by atoms with van der Waals surface area (Å²) in [5.41, 5.74) is 1.09. The van der Waals surface area contributed by atoms with Gasteiger partial charge in [0, 0.05) is 12.5 Å². The topological polar surface area (TPSA) is 113 Å². The van der Waals surface area contributed by atoms with E-state index in [2.05, 4.69) is 34.5 Å². The lowest BCUT2D eigenvalue weighted by Crippen LogP contribution is -2.35. The molecule has 0 amide bonds. The third-order valence-corrected chi connectivity index (χ3v) is 4.94.